The predicted molar refractivity (Wildman–Crippen MR) is 94.2 cm³/mol. The molecule has 142 valence electrons. The van der Waals surface area contributed by atoms with Gasteiger partial charge in [-0.1, -0.05) is 30.3 Å². The van der Waals surface area contributed by atoms with Gasteiger partial charge < -0.3 is 18.9 Å². The van der Waals surface area contributed by atoms with Crippen molar-refractivity contribution < 1.29 is 23.7 Å². The Labute approximate surface area is 154 Å². The molecule has 0 radical (unpaired) electrons. The minimum absolute atomic E-state index is 0.0275. The average molecular weight is 361 g/mol. The predicted octanol–water partition coefficient (Wildman–Crippen LogP) is 2.63. The summed E-state index contributed by atoms with van der Waals surface area (Å²) < 4.78 is 23.3. The highest BCUT2D eigenvalue weighted by atomic mass is 16.8. The van der Waals surface area contributed by atoms with Gasteiger partial charge in [-0.2, -0.15) is 0 Å². The van der Waals surface area contributed by atoms with Gasteiger partial charge in [0.2, 0.25) is 0 Å². The lowest BCUT2D eigenvalue weighted by molar-refractivity contribution is -0.164. The molecule has 1 aromatic carbocycles. The highest BCUT2D eigenvalue weighted by Gasteiger charge is 2.53. The summed E-state index contributed by atoms with van der Waals surface area (Å²) in [6.45, 7) is 8.78. The molecule has 3 saturated heterocycles. The van der Waals surface area contributed by atoms with Crippen LogP contribution in [-0.2, 0) is 23.7 Å². The van der Waals surface area contributed by atoms with Crippen molar-refractivity contribution in [1.29, 1.82) is 0 Å². The fourth-order valence-corrected chi connectivity index (χ4v) is 4.28. The summed E-state index contributed by atoms with van der Waals surface area (Å²) in [6.07, 6.45) is 0.0712. The number of esters is 1. The van der Waals surface area contributed by atoms with Gasteiger partial charge in [0.1, 0.15) is 24.0 Å². The van der Waals surface area contributed by atoms with Crippen molar-refractivity contribution in [3.63, 3.8) is 0 Å². The molecule has 3 aliphatic rings. The summed E-state index contributed by atoms with van der Waals surface area (Å²) in [4.78, 5) is 14.9. The Bertz CT molecular complexity index is 674. The van der Waals surface area contributed by atoms with Gasteiger partial charge in [0.15, 0.2) is 5.79 Å². The maximum absolute atomic E-state index is 12.7. The fraction of sp³-hybridized carbons (Fsp3) is 0.650. The first-order chi connectivity index (χ1) is 12.3. The number of rotatable bonds is 3. The zero-order valence-electron chi connectivity index (χ0n) is 15.8. The minimum Gasteiger partial charge on any atom is -0.458 e. The SMILES string of the molecule is CC1(C)OC[C@H]([C@H]2C[C@@H](N3[C@@H](c4ccccc4)COC3(C)C)C(=O)O2)O1. The van der Waals surface area contributed by atoms with E-state index >= 15 is 0 Å². The van der Waals surface area contributed by atoms with Gasteiger partial charge in [-0.05, 0) is 33.3 Å². The van der Waals surface area contributed by atoms with E-state index in [9.17, 15) is 4.79 Å². The molecule has 4 rings (SSSR count). The van der Waals surface area contributed by atoms with E-state index in [1.165, 1.54) is 0 Å². The number of cyclic esters (lactones) is 1. The number of carbonyl (C=O) groups is 1. The van der Waals surface area contributed by atoms with E-state index in [4.69, 9.17) is 18.9 Å². The summed E-state index contributed by atoms with van der Waals surface area (Å²) in [5, 5.41) is 0. The Balaban J connectivity index is 1.56. The Morgan fingerprint density at radius 2 is 1.69 bits per heavy atom. The Kier molecular flexibility index (Phi) is 4.34. The maximum atomic E-state index is 12.7. The molecule has 3 fully saturated rings. The summed E-state index contributed by atoms with van der Waals surface area (Å²) in [7, 11) is 0. The van der Waals surface area contributed by atoms with Crippen LogP contribution in [0.5, 0.6) is 0 Å². The monoisotopic (exact) mass is 361 g/mol. The summed E-state index contributed by atoms with van der Waals surface area (Å²) in [5.74, 6) is -0.833. The van der Waals surface area contributed by atoms with E-state index in [1.54, 1.807) is 0 Å². The lowest BCUT2D eigenvalue weighted by Gasteiger charge is -2.36. The zero-order valence-corrected chi connectivity index (χ0v) is 15.8. The molecule has 0 spiro atoms. The van der Waals surface area contributed by atoms with Crippen LogP contribution in [0, 0.1) is 0 Å². The summed E-state index contributed by atoms with van der Waals surface area (Å²) in [5.41, 5.74) is 0.613. The molecule has 6 nitrogen and oxygen atoms in total. The van der Waals surface area contributed by atoms with Crippen molar-refractivity contribution in [3.05, 3.63) is 35.9 Å². The smallest absolute Gasteiger partial charge is 0.323 e. The van der Waals surface area contributed by atoms with Crippen molar-refractivity contribution in [2.45, 2.75) is 69.9 Å². The first-order valence-corrected chi connectivity index (χ1v) is 9.26. The third-order valence-corrected chi connectivity index (χ3v) is 5.51. The molecular weight excluding hydrogens is 334 g/mol. The summed E-state index contributed by atoms with van der Waals surface area (Å²) in [6, 6.07) is 9.86. The van der Waals surface area contributed by atoms with Crippen LogP contribution in [0.4, 0.5) is 0 Å². The van der Waals surface area contributed by atoms with Crippen molar-refractivity contribution in [2.75, 3.05) is 13.2 Å². The lowest BCUT2D eigenvalue weighted by atomic mass is 9.99. The molecule has 3 aliphatic heterocycles. The Morgan fingerprint density at radius 3 is 2.35 bits per heavy atom. The molecule has 0 bridgehead atoms. The summed E-state index contributed by atoms with van der Waals surface area (Å²) >= 11 is 0. The second-order valence-electron chi connectivity index (χ2n) is 8.19. The number of nitrogens with zero attached hydrogens (tertiary/aromatic N) is 1. The molecule has 0 aromatic heterocycles. The fourth-order valence-electron chi connectivity index (χ4n) is 4.28. The van der Waals surface area contributed by atoms with Crippen LogP contribution in [-0.4, -0.2) is 53.8 Å². The van der Waals surface area contributed by atoms with Crippen LogP contribution in [0.15, 0.2) is 30.3 Å². The minimum atomic E-state index is -0.627. The highest BCUT2D eigenvalue weighted by Crippen LogP contribution is 2.42. The molecule has 1 aromatic rings. The molecule has 3 heterocycles. The molecule has 0 aliphatic carbocycles. The van der Waals surface area contributed by atoms with Gasteiger partial charge in [0, 0.05) is 6.42 Å². The second kappa shape index (κ2) is 6.30. The first-order valence-electron chi connectivity index (χ1n) is 9.26. The highest BCUT2D eigenvalue weighted by molar-refractivity contribution is 5.78. The van der Waals surface area contributed by atoms with Gasteiger partial charge in [0.05, 0.1) is 19.3 Å². The van der Waals surface area contributed by atoms with Gasteiger partial charge in [-0.3, -0.25) is 9.69 Å². The molecule has 0 amide bonds. The quantitative estimate of drug-likeness (QED) is 0.772. The van der Waals surface area contributed by atoms with E-state index in [0.29, 0.717) is 19.6 Å². The Morgan fingerprint density at radius 1 is 0.962 bits per heavy atom. The van der Waals surface area contributed by atoms with E-state index < -0.39 is 11.5 Å². The average Bonchev–Trinajstić information content (AvgIpc) is 3.23. The van der Waals surface area contributed by atoms with Crippen molar-refractivity contribution in [2.24, 2.45) is 0 Å². The van der Waals surface area contributed by atoms with Crippen LogP contribution < -0.4 is 0 Å². The third-order valence-electron chi connectivity index (χ3n) is 5.51. The normalized spacial score (nSPS) is 36.4. The van der Waals surface area contributed by atoms with Crippen LogP contribution in [0.1, 0.15) is 45.7 Å². The van der Waals surface area contributed by atoms with Crippen molar-refractivity contribution in [1.82, 2.24) is 4.90 Å². The van der Waals surface area contributed by atoms with E-state index in [2.05, 4.69) is 17.0 Å². The van der Waals surface area contributed by atoms with E-state index in [1.807, 2.05) is 45.9 Å². The first kappa shape index (κ1) is 17.9. The van der Waals surface area contributed by atoms with Crippen LogP contribution >= 0.6 is 0 Å². The van der Waals surface area contributed by atoms with Gasteiger partial charge >= 0.3 is 5.97 Å². The number of carbonyl (C=O) groups excluding carboxylic acids is 1. The molecule has 4 atom stereocenters. The third kappa shape index (κ3) is 3.16. The zero-order chi connectivity index (χ0) is 18.5. The van der Waals surface area contributed by atoms with Crippen LogP contribution in [0.25, 0.3) is 0 Å². The second-order valence-corrected chi connectivity index (χ2v) is 8.19. The molecular formula is C20H27NO5. The number of benzene rings is 1. The van der Waals surface area contributed by atoms with Crippen molar-refractivity contribution in [3.8, 4) is 0 Å². The van der Waals surface area contributed by atoms with E-state index in [0.717, 1.165) is 5.56 Å². The van der Waals surface area contributed by atoms with Gasteiger partial charge in [-0.15, -0.1) is 0 Å². The largest absolute Gasteiger partial charge is 0.458 e. The molecule has 6 heteroatoms. The van der Waals surface area contributed by atoms with Crippen LogP contribution in [0.2, 0.25) is 0 Å². The topological polar surface area (TPSA) is 57.2 Å². The Hall–Kier alpha value is -1.47. The number of hydrogen-bond acceptors (Lipinski definition) is 6. The standard InChI is InChI=1S/C20H27NO5/c1-19(2)21(15(11-23-19)13-8-6-5-7-9-13)14-10-16(25-18(14)22)17-12-24-20(3,4)26-17/h5-9,14-17H,10-12H2,1-4H3/t14-,15-,16-,17-/m1/s1. The van der Waals surface area contributed by atoms with Gasteiger partial charge in [0.25, 0.3) is 0 Å². The van der Waals surface area contributed by atoms with Gasteiger partial charge in [-0.25, -0.2) is 0 Å². The van der Waals surface area contributed by atoms with Crippen LogP contribution in [0.3, 0.4) is 0 Å². The maximum Gasteiger partial charge on any atom is 0.323 e. The lowest BCUT2D eigenvalue weighted by Crippen LogP contribution is -2.49. The molecule has 0 saturated carbocycles. The molecule has 0 unspecified atom stereocenters. The number of ether oxygens (including phenoxy) is 4. The van der Waals surface area contributed by atoms with Crippen molar-refractivity contribution >= 4 is 5.97 Å². The molecule has 26 heavy (non-hydrogen) atoms. The molecule has 0 N–H and O–H groups in total. The van der Waals surface area contributed by atoms with E-state index in [-0.39, 0.29) is 30.3 Å². The number of hydrogen-bond donors (Lipinski definition) is 0.